The van der Waals surface area contributed by atoms with Crippen molar-refractivity contribution in [2.24, 2.45) is 11.7 Å². The number of hydrogen-bond acceptors (Lipinski definition) is 4. The highest BCUT2D eigenvalue weighted by molar-refractivity contribution is 9.10. The second kappa shape index (κ2) is 6.50. The summed E-state index contributed by atoms with van der Waals surface area (Å²) in [6.07, 6.45) is 4.10. The van der Waals surface area contributed by atoms with Gasteiger partial charge in [0, 0.05) is 49.6 Å². The first-order chi connectivity index (χ1) is 8.70. The molecule has 1 aliphatic rings. The van der Waals surface area contributed by atoms with Gasteiger partial charge in [-0.2, -0.15) is 0 Å². The lowest BCUT2D eigenvalue weighted by molar-refractivity contribution is 0.0685. The summed E-state index contributed by atoms with van der Waals surface area (Å²) in [6, 6.07) is 2.04. The van der Waals surface area contributed by atoms with E-state index in [0.717, 1.165) is 48.5 Å². The fourth-order valence-electron chi connectivity index (χ4n) is 2.37. The number of nitrogens with zero attached hydrogens (tertiary/aromatic N) is 2. The van der Waals surface area contributed by atoms with E-state index in [1.54, 1.807) is 0 Å². The van der Waals surface area contributed by atoms with Crippen molar-refractivity contribution in [1.29, 1.82) is 0 Å². The van der Waals surface area contributed by atoms with Gasteiger partial charge in [-0.3, -0.25) is 0 Å². The average Bonchev–Trinajstić information content (AvgIpc) is 2.39. The van der Waals surface area contributed by atoms with E-state index in [4.69, 9.17) is 10.5 Å². The first-order valence-electron chi connectivity index (χ1n) is 6.34. The maximum Gasteiger partial charge on any atom is 0.132 e. The first-order valence-corrected chi connectivity index (χ1v) is 7.13. The van der Waals surface area contributed by atoms with E-state index in [1.807, 2.05) is 12.3 Å². The molecule has 1 saturated heterocycles. The van der Waals surface area contributed by atoms with Gasteiger partial charge in [-0.1, -0.05) is 0 Å². The Balaban J connectivity index is 2.05. The third-order valence-electron chi connectivity index (χ3n) is 3.36. The molecule has 1 aromatic heterocycles. The summed E-state index contributed by atoms with van der Waals surface area (Å²) in [6.45, 7) is 3.30. The van der Waals surface area contributed by atoms with Crippen molar-refractivity contribution in [3.05, 3.63) is 22.3 Å². The van der Waals surface area contributed by atoms with Crippen LogP contribution in [-0.4, -0.2) is 31.8 Å². The van der Waals surface area contributed by atoms with Crippen molar-refractivity contribution >= 4 is 21.7 Å². The molecular weight excluding hydrogens is 294 g/mol. The zero-order valence-corrected chi connectivity index (χ0v) is 12.3. The Hall–Kier alpha value is -0.650. The Kier molecular flexibility index (Phi) is 4.97. The van der Waals surface area contributed by atoms with Crippen molar-refractivity contribution in [3.63, 3.8) is 0 Å². The van der Waals surface area contributed by atoms with Gasteiger partial charge >= 0.3 is 0 Å². The summed E-state index contributed by atoms with van der Waals surface area (Å²) >= 11 is 3.43. The van der Waals surface area contributed by atoms with Crippen LogP contribution in [0.25, 0.3) is 0 Å². The van der Waals surface area contributed by atoms with Crippen LogP contribution in [0.15, 0.2) is 16.7 Å². The van der Waals surface area contributed by atoms with E-state index >= 15 is 0 Å². The molecule has 100 valence electrons. The Morgan fingerprint density at radius 1 is 1.50 bits per heavy atom. The van der Waals surface area contributed by atoms with E-state index in [0.29, 0.717) is 12.5 Å². The normalized spacial score (nSPS) is 16.8. The molecule has 0 amide bonds. The predicted octanol–water partition coefficient (Wildman–Crippen LogP) is 2.17. The van der Waals surface area contributed by atoms with Gasteiger partial charge < -0.3 is 15.4 Å². The van der Waals surface area contributed by atoms with Crippen LogP contribution in [0.1, 0.15) is 18.4 Å². The highest BCUT2D eigenvalue weighted by atomic mass is 79.9. The number of nitrogens with two attached hydrogens (primary N) is 1. The number of rotatable bonds is 4. The lowest BCUT2D eigenvalue weighted by atomic mass is 10.00. The highest BCUT2D eigenvalue weighted by Crippen LogP contribution is 2.23. The van der Waals surface area contributed by atoms with Crippen LogP contribution in [0.2, 0.25) is 0 Å². The third kappa shape index (κ3) is 3.43. The number of ether oxygens (including phenoxy) is 1. The second-order valence-electron chi connectivity index (χ2n) is 4.78. The van der Waals surface area contributed by atoms with E-state index in [2.05, 4.69) is 32.9 Å². The molecule has 0 atom stereocenters. The summed E-state index contributed by atoms with van der Waals surface area (Å²) in [5.74, 6) is 1.69. The molecule has 1 fully saturated rings. The first kappa shape index (κ1) is 13.8. The molecule has 0 aliphatic carbocycles. The molecule has 2 heterocycles. The van der Waals surface area contributed by atoms with Crippen LogP contribution in [0.5, 0.6) is 0 Å². The molecule has 0 spiro atoms. The van der Waals surface area contributed by atoms with Gasteiger partial charge in [-0.05, 0) is 40.8 Å². The molecule has 4 nitrogen and oxygen atoms in total. The quantitative estimate of drug-likeness (QED) is 0.925. The van der Waals surface area contributed by atoms with Crippen LogP contribution >= 0.6 is 15.9 Å². The topological polar surface area (TPSA) is 51.4 Å². The van der Waals surface area contributed by atoms with Gasteiger partial charge in [-0.15, -0.1) is 0 Å². The number of pyridine rings is 1. The van der Waals surface area contributed by atoms with Crippen molar-refractivity contribution in [2.45, 2.75) is 19.4 Å². The van der Waals surface area contributed by atoms with Crippen LogP contribution in [0.3, 0.4) is 0 Å². The maximum atomic E-state index is 5.78. The number of aromatic nitrogens is 1. The largest absolute Gasteiger partial charge is 0.381 e. The van der Waals surface area contributed by atoms with Gasteiger partial charge in [0.2, 0.25) is 0 Å². The lowest BCUT2D eigenvalue weighted by Crippen LogP contribution is -2.30. The van der Waals surface area contributed by atoms with E-state index in [1.165, 1.54) is 0 Å². The molecule has 0 bridgehead atoms. The van der Waals surface area contributed by atoms with Gasteiger partial charge in [0.05, 0.1) is 0 Å². The SMILES string of the molecule is CN(CC1CCOCC1)c1ncc(Br)cc1CN. The Morgan fingerprint density at radius 2 is 2.22 bits per heavy atom. The van der Waals surface area contributed by atoms with Crippen LogP contribution in [0, 0.1) is 5.92 Å². The molecule has 1 aromatic rings. The highest BCUT2D eigenvalue weighted by Gasteiger charge is 2.17. The van der Waals surface area contributed by atoms with Gasteiger partial charge in [0.25, 0.3) is 0 Å². The zero-order chi connectivity index (χ0) is 13.0. The van der Waals surface area contributed by atoms with Gasteiger partial charge in [0.1, 0.15) is 5.82 Å². The number of hydrogen-bond donors (Lipinski definition) is 1. The minimum absolute atomic E-state index is 0.514. The third-order valence-corrected chi connectivity index (χ3v) is 3.80. The lowest BCUT2D eigenvalue weighted by Gasteiger charge is -2.28. The smallest absolute Gasteiger partial charge is 0.132 e. The molecule has 0 saturated carbocycles. The van der Waals surface area contributed by atoms with Gasteiger partial charge in [0.15, 0.2) is 0 Å². The average molecular weight is 314 g/mol. The monoisotopic (exact) mass is 313 g/mol. The molecule has 0 unspecified atom stereocenters. The number of halogens is 1. The number of anilines is 1. The Bertz CT molecular complexity index is 394. The van der Waals surface area contributed by atoms with Crippen LogP contribution in [-0.2, 0) is 11.3 Å². The van der Waals surface area contributed by atoms with Gasteiger partial charge in [-0.25, -0.2) is 4.98 Å². The van der Waals surface area contributed by atoms with Crippen molar-refractivity contribution in [1.82, 2.24) is 4.98 Å². The minimum atomic E-state index is 0.514. The summed E-state index contributed by atoms with van der Waals surface area (Å²) < 4.78 is 6.37. The van der Waals surface area contributed by atoms with Crippen LogP contribution < -0.4 is 10.6 Å². The maximum absolute atomic E-state index is 5.78. The van der Waals surface area contributed by atoms with E-state index in [9.17, 15) is 0 Å². The standard InChI is InChI=1S/C13H20BrN3O/c1-17(9-10-2-4-18-5-3-10)13-11(7-15)6-12(14)8-16-13/h6,8,10H,2-5,7,9,15H2,1H3. The summed E-state index contributed by atoms with van der Waals surface area (Å²) in [4.78, 5) is 6.70. The summed E-state index contributed by atoms with van der Waals surface area (Å²) in [5.41, 5.74) is 6.87. The van der Waals surface area contributed by atoms with Crippen molar-refractivity contribution in [3.8, 4) is 0 Å². The second-order valence-corrected chi connectivity index (χ2v) is 5.69. The van der Waals surface area contributed by atoms with E-state index < -0.39 is 0 Å². The molecule has 1 aliphatic heterocycles. The van der Waals surface area contributed by atoms with Crippen LogP contribution in [0.4, 0.5) is 5.82 Å². The minimum Gasteiger partial charge on any atom is -0.381 e. The fourth-order valence-corrected chi connectivity index (χ4v) is 2.75. The molecule has 18 heavy (non-hydrogen) atoms. The Morgan fingerprint density at radius 3 is 2.89 bits per heavy atom. The predicted molar refractivity (Wildman–Crippen MR) is 76.6 cm³/mol. The Labute approximate surface area is 117 Å². The zero-order valence-electron chi connectivity index (χ0n) is 10.7. The molecule has 0 radical (unpaired) electrons. The molecule has 0 aromatic carbocycles. The van der Waals surface area contributed by atoms with Crippen molar-refractivity contribution < 1.29 is 4.74 Å². The van der Waals surface area contributed by atoms with Crippen molar-refractivity contribution in [2.75, 3.05) is 31.7 Å². The fraction of sp³-hybridized carbons (Fsp3) is 0.615. The summed E-state index contributed by atoms with van der Waals surface area (Å²) in [5, 5.41) is 0. The molecule has 2 rings (SSSR count). The van der Waals surface area contributed by atoms with E-state index in [-0.39, 0.29) is 0 Å². The summed E-state index contributed by atoms with van der Waals surface area (Å²) in [7, 11) is 2.09. The molecule has 5 heteroatoms. The molecular formula is C13H20BrN3O. The molecule has 2 N–H and O–H groups in total.